The average Bonchev–Trinajstić information content (AvgIpc) is 3.15. The fourth-order valence-corrected chi connectivity index (χ4v) is 4.25. The van der Waals surface area contributed by atoms with E-state index < -0.39 is 0 Å². The van der Waals surface area contributed by atoms with Crippen LogP contribution in [0.15, 0.2) is 41.2 Å². The Morgan fingerprint density at radius 1 is 1.03 bits per heavy atom. The number of ether oxygens (including phenoxy) is 1. The summed E-state index contributed by atoms with van der Waals surface area (Å²) in [5, 5.41) is 0. The number of carbonyl (C=O) groups excluding carboxylic acids is 1. The van der Waals surface area contributed by atoms with Crippen LogP contribution < -0.4 is 5.56 Å². The molecule has 0 N–H and O–H groups in total. The van der Waals surface area contributed by atoms with Gasteiger partial charge in [-0.2, -0.15) is 0 Å². The second kappa shape index (κ2) is 8.08. The summed E-state index contributed by atoms with van der Waals surface area (Å²) in [6, 6.07) is 11.5. The molecule has 7 nitrogen and oxygen atoms in total. The molecule has 0 amide bonds. The number of carbonyl (C=O) groups is 1. The second-order valence-corrected chi connectivity index (χ2v) is 7.84. The molecule has 0 spiro atoms. The maximum atomic E-state index is 13.4. The smallest absolute Gasteiger partial charge is 0.295 e. The molecule has 1 aliphatic heterocycles. The van der Waals surface area contributed by atoms with E-state index in [4.69, 9.17) is 4.74 Å². The van der Waals surface area contributed by atoms with E-state index >= 15 is 0 Å². The molecular formula is C23H28N4O3. The van der Waals surface area contributed by atoms with Crippen LogP contribution in [-0.4, -0.2) is 57.5 Å². The van der Waals surface area contributed by atoms with Crippen molar-refractivity contribution in [2.45, 2.75) is 20.8 Å². The third-order valence-corrected chi connectivity index (χ3v) is 5.95. The highest BCUT2D eigenvalue weighted by molar-refractivity contribution is 5.99. The normalized spacial score (nSPS) is 14.9. The van der Waals surface area contributed by atoms with E-state index in [0.29, 0.717) is 31.0 Å². The number of aryl methyl sites for hydroxylation is 1. The summed E-state index contributed by atoms with van der Waals surface area (Å²) in [5.41, 5.74) is 4.49. The Morgan fingerprint density at radius 2 is 1.70 bits per heavy atom. The van der Waals surface area contributed by atoms with Crippen molar-refractivity contribution >= 4 is 5.78 Å². The Hall–Kier alpha value is -2.90. The first-order valence-corrected chi connectivity index (χ1v) is 10.3. The van der Waals surface area contributed by atoms with Crippen molar-refractivity contribution in [1.29, 1.82) is 0 Å². The van der Waals surface area contributed by atoms with Gasteiger partial charge < -0.3 is 9.30 Å². The molecule has 3 aromatic rings. The van der Waals surface area contributed by atoms with Crippen molar-refractivity contribution < 1.29 is 9.53 Å². The number of hydrogen-bond acceptors (Lipinski definition) is 4. The minimum absolute atomic E-state index is 0.0771. The standard InChI is InChI=1S/C23H28N4O3/c1-16-14-20(21(28)15-25-10-12-30-13-11-25)17(2)26(16)22-18(3)24(4)27(23(22)29)19-8-6-5-7-9-19/h5-9,14H,10-13,15H2,1-4H3. The van der Waals surface area contributed by atoms with Crippen molar-refractivity contribution in [2.75, 3.05) is 32.8 Å². The first kappa shape index (κ1) is 20.4. The summed E-state index contributed by atoms with van der Waals surface area (Å²) < 4.78 is 10.8. The first-order valence-electron chi connectivity index (χ1n) is 10.3. The molecular weight excluding hydrogens is 380 g/mol. The molecule has 1 aliphatic rings. The predicted octanol–water partition coefficient (Wildman–Crippen LogP) is 2.41. The van der Waals surface area contributed by atoms with Gasteiger partial charge in [-0.25, -0.2) is 4.68 Å². The Morgan fingerprint density at radius 3 is 2.37 bits per heavy atom. The number of rotatable bonds is 5. The number of benzene rings is 1. The minimum atomic E-state index is -0.102. The van der Waals surface area contributed by atoms with Crippen LogP contribution in [-0.2, 0) is 11.8 Å². The molecule has 0 radical (unpaired) electrons. The zero-order valence-corrected chi connectivity index (χ0v) is 18.0. The van der Waals surface area contributed by atoms with Gasteiger partial charge in [0.25, 0.3) is 5.56 Å². The third kappa shape index (κ3) is 3.44. The molecule has 0 aliphatic carbocycles. The molecule has 3 heterocycles. The Kier molecular flexibility index (Phi) is 5.49. The van der Waals surface area contributed by atoms with Crippen molar-refractivity contribution in [1.82, 2.24) is 18.8 Å². The molecule has 30 heavy (non-hydrogen) atoms. The monoisotopic (exact) mass is 408 g/mol. The van der Waals surface area contributed by atoms with Crippen LogP contribution in [0.4, 0.5) is 0 Å². The third-order valence-electron chi connectivity index (χ3n) is 5.95. The van der Waals surface area contributed by atoms with Crippen LogP contribution in [0.2, 0.25) is 0 Å². The highest BCUT2D eigenvalue weighted by Gasteiger charge is 2.24. The largest absolute Gasteiger partial charge is 0.379 e. The van der Waals surface area contributed by atoms with Gasteiger partial charge in [-0.05, 0) is 39.0 Å². The number of aromatic nitrogens is 3. The topological polar surface area (TPSA) is 61.4 Å². The van der Waals surface area contributed by atoms with Gasteiger partial charge in [0, 0.05) is 37.1 Å². The number of nitrogens with zero attached hydrogens (tertiary/aromatic N) is 4. The van der Waals surface area contributed by atoms with Gasteiger partial charge >= 0.3 is 0 Å². The summed E-state index contributed by atoms with van der Waals surface area (Å²) in [6.45, 7) is 9.02. The van der Waals surface area contributed by atoms with Crippen LogP contribution in [0.3, 0.4) is 0 Å². The van der Waals surface area contributed by atoms with Crippen molar-refractivity contribution in [3.05, 3.63) is 69.4 Å². The van der Waals surface area contributed by atoms with Crippen LogP contribution in [0, 0.1) is 20.8 Å². The summed E-state index contributed by atoms with van der Waals surface area (Å²) in [7, 11) is 1.88. The van der Waals surface area contributed by atoms with E-state index in [1.165, 1.54) is 0 Å². The number of ketones is 1. The summed E-state index contributed by atoms with van der Waals surface area (Å²) >= 11 is 0. The summed E-state index contributed by atoms with van der Waals surface area (Å²) in [6.07, 6.45) is 0. The average molecular weight is 409 g/mol. The van der Waals surface area contributed by atoms with E-state index in [-0.39, 0.29) is 11.3 Å². The Labute approximate surface area is 176 Å². The molecule has 0 unspecified atom stereocenters. The minimum Gasteiger partial charge on any atom is -0.379 e. The molecule has 1 aromatic carbocycles. The summed E-state index contributed by atoms with van der Waals surface area (Å²) in [4.78, 5) is 28.6. The van der Waals surface area contributed by atoms with Gasteiger partial charge in [-0.15, -0.1) is 0 Å². The molecule has 2 aromatic heterocycles. The van der Waals surface area contributed by atoms with Gasteiger partial charge in [0.15, 0.2) is 5.78 Å². The lowest BCUT2D eigenvalue weighted by Crippen LogP contribution is -2.39. The van der Waals surface area contributed by atoms with Crippen molar-refractivity contribution in [3.8, 4) is 11.4 Å². The number of hydrogen-bond donors (Lipinski definition) is 0. The number of para-hydroxylation sites is 1. The van der Waals surface area contributed by atoms with Gasteiger partial charge in [-0.1, -0.05) is 18.2 Å². The van der Waals surface area contributed by atoms with Crippen molar-refractivity contribution in [2.24, 2.45) is 7.05 Å². The van der Waals surface area contributed by atoms with Gasteiger partial charge in [0.1, 0.15) is 5.69 Å². The lowest BCUT2D eigenvalue weighted by atomic mass is 10.1. The quantitative estimate of drug-likeness (QED) is 0.609. The zero-order chi connectivity index (χ0) is 21.4. The Bertz CT molecular complexity index is 1130. The van der Waals surface area contributed by atoms with Crippen molar-refractivity contribution in [3.63, 3.8) is 0 Å². The Balaban J connectivity index is 1.75. The molecule has 1 fully saturated rings. The summed E-state index contributed by atoms with van der Waals surface area (Å²) in [5.74, 6) is 0.0771. The maximum Gasteiger partial charge on any atom is 0.295 e. The molecule has 1 saturated heterocycles. The highest BCUT2D eigenvalue weighted by Crippen LogP contribution is 2.23. The van der Waals surface area contributed by atoms with Gasteiger partial charge in [0.2, 0.25) is 0 Å². The molecule has 0 atom stereocenters. The van der Waals surface area contributed by atoms with E-state index in [1.54, 1.807) is 4.68 Å². The van der Waals surface area contributed by atoms with E-state index in [1.807, 2.05) is 73.5 Å². The van der Waals surface area contributed by atoms with Crippen LogP contribution in [0.5, 0.6) is 0 Å². The lowest BCUT2D eigenvalue weighted by Gasteiger charge is -2.25. The molecule has 4 rings (SSSR count). The number of morpholine rings is 1. The molecule has 7 heteroatoms. The highest BCUT2D eigenvalue weighted by atomic mass is 16.5. The number of Topliss-reactive ketones (excluding diaryl/α,β-unsaturated/α-hetero) is 1. The molecule has 158 valence electrons. The van der Waals surface area contributed by atoms with E-state index in [9.17, 15) is 9.59 Å². The lowest BCUT2D eigenvalue weighted by molar-refractivity contribution is 0.0371. The SMILES string of the molecule is Cc1cc(C(=O)CN2CCOCC2)c(C)n1-c1c(C)n(C)n(-c2ccccc2)c1=O. The van der Waals surface area contributed by atoms with Crippen LogP contribution in [0.1, 0.15) is 27.4 Å². The van der Waals surface area contributed by atoms with Gasteiger partial charge in [0.05, 0.1) is 31.1 Å². The zero-order valence-electron chi connectivity index (χ0n) is 18.0. The first-order chi connectivity index (χ1) is 14.4. The predicted molar refractivity (Wildman–Crippen MR) is 116 cm³/mol. The fourth-order valence-electron chi connectivity index (χ4n) is 4.25. The van der Waals surface area contributed by atoms with Gasteiger partial charge in [-0.3, -0.25) is 19.2 Å². The second-order valence-electron chi connectivity index (χ2n) is 7.84. The van der Waals surface area contributed by atoms with E-state index in [2.05, 4.69) is 4.90 Å². The van der Waals surface area contributed by atoms with Crippen LogP contribution >= 0.6 is 0 Å². The maximum absolute atomic E-state index is 13.4. The molecule has 0 saturated carbocycles. The molecule has 0 bridgehead atoms. The van der Waals surface area contributed by atoms with E-state index in [0.717, 1.165) is 35.9 Å². The fraction of sp³-hybridized carbons (Fsp3) is 0.391. The van der Waals surface area contributed by atoms with Crippen LogP contribution in [0.25, 0.3) is 11.4 Å².